The Bertz CT molecular complexity index is 1320. The van der Waals surface area contributed by atoms with Crippen LogP contribution in [0, 0.1) is 46.2 Å². The predicted molar refractivity (Wildman–Crippen MR) is 153 cm³/mol. The molecular weight excluding hydrogens is 517 g/mol. The molecule has 7 nitrogen and oxygen atoms in total. The van der Waals surface area contributed by atoms with Gasteiger partial charge >= 0.3 is 0 Å². The number of ether oxygens (including phenoxy) is 1. The molecule has 1 aliphatic carbocycles. The van der Waals surface area contributed by atoms with Crippen molar-refractivity contribution in [3.05, 3.63) is 65.5 Å². The van der Waals surface area contributed by atoms with Crippen molar-refractivity contribution in [1.82, 2.24) is 10.2 Å². The molecule has 0 unspecified atom stereocenters. The molecule has 0 spiro atoms. The molecule has 1 amide bonds. The molecule has 4 aliphatic rings. The number of nitrogens with zero attached hydrogens (tertiary/aromatic N) is 4. The zero-order valence-corrected chi connectivity index (χ0v) is 23.5. The molecule has 1 N–H and O–H groups in total. The van der Waals surface area contributed by atoms with Gasteiger partial charge in [-0.1, -0.05) is 18.6 Å². The zero-order valence-electron chi connectivity index (χ0n) is 23.5. The molecule has 8 heteroatoms. The molecule has 2 aromatic rings. The van der Waals surface area contributed by atoms with Crippen LogP contribution in [0.15, 0.2) is 48.5 Å². The number of carbonyl (C=O) groups excluding carboxylic acids is 1. The fraction of sp³-hybridized carbons (Fsp3) is 0.545. The monoisotopic (exact) mass is 555 g/mol. The Kier molecular flexibility index (Phi) is 7.97. The van der Waals surface area contributed by atoms with Crippen molar-refractivity contribution in [2.75, 3.05) is 44.2 Å². The number of nitriles is 2. The van der Waals surface area contributed by atoms with E-state index in [0.29, 0.717) is 24.5 Å². The van der Waals surface area contributed by atoms with Crippen LogP contribution in [0.5, 0.6) is 0 Å². The highest BCUT2D eigenvalue weighted by atomic mass is 19.1. The van der Waals surface area contributed by atoms with Crippen molar-refractivity contribution in [2.24, 2.45) is 17.8 Å². The third-order valence-corrected chi connectivity index (χ3v) is 9.82. The molecule has 3 aliphatic heterocycles. The van der Waals surface area contributed by atoms with Gasteiger partial charge in [0.1, 0.15) is 5.82 Å². The standard InChI is InChI=1S/C33H38FN5O2/c34-27-4-1-3-26(15-27)33(22-36,30-5-2-6-31(30)37-32(40)16-29-21-41-29)25-11-13-38(14-12-25)18-24-19-39(20-24)28-9-7-23(17-35)8-10-28/h1,3-4,7-10,15,24-25,29-31H,2,5-6,11-14,16,18-21H2,(H,37,40)/t29-,30-,31-,33-/m0/s1. The minimum absolute atomic E-state index is 0.0131. The van der Waals surface area contributed by atoms with Crippen molar-refractivity contribution in [3.63, 3.8) is 0 Å². The number of amides is 1. The van der Waals surface area contributed by atoms with Crippen molar-refractivity contribution in [3.8, 4) is 12.1 Å². The van der Waals surface area contributed by atoms with Crippen LogP contribution in [-0.4, -0.2) is 62.3 Å². The highest BCUT2D eigenvalue weighted by molar-refractivity contribution is 5.77. The SMILES string of the molecule is N#Cc1ccc(N2CC(CN3CCC([C@@](C#N)(c4cccc(F)c4)[C@H]4CCC[C@@H]4NC(=O)C[C@H]4CO4)CC3)C2)cc1. The van der Waals surface area contributed by atoms with E-state index >= 15 is 0 Å². The van der Waals surface area contributed by atoms with E-state index in [2.05, 4.69) is 27.3 Å². The summed E-state index contributed by atoms with van der Waals surface area (Å²) >= 11 is 0. The van der Waals surface area contributed by atoms with Crippen molar-refractivity contribution < 1.29 is 13.9 Å². The third kappa shape index (κ3) is 5.82. The van der Waals surface area contributed by atoms with Crippen LogP contribution in [0.2, 0.25) is 0 Å². The molecular formula is C33H38FN5O2. The Balaban J connectivity index is 1.12. The molecule has 6 rings (SSSR count). The minimum atomic E-state index is -0.846. The lowest BCUT2D eigenvalue weighted by Crippen LogP contribution is -2.55. The smallest absolute Gasteiger partial charge is 0.222 e. The first-order chi connectivity index (χ1) is 20.0. The molecule has 214 valence electrons. The van der Waals surface area contributed by atoms with E-state index < -0.39 is 5.41 Å². The van der Waals surface area contributed by atoms with Crippen molar-refractivity contribution >= 4 is 11.6 Å². The number of hydrogen-bond donors (Lipinski definition) is 1. The molecule has 1 saturated carbocycles. The highest BCUT2D eigenvalue weighted by Crippen LogP contribution is 2.50. The van der Waals surface area contributed by atoms with E-state index in [-0.39, 0.29) is 35.7 Å². The number of epoxide rings is 1. The van der Waals surface area contributed by atoms with Gasteiger partial charge in [0.15, 0.2) is 0 Å². The van der Waals surface area contributed by atoms with Gasteiger partial charge in [-0.25, -0.2) is 4.39 Å². The maximum atomic E-state index is 14.6. The number of carbonyl (C=O) groups is 1. The van der Waals surface area contributed by atoms with Crippen LogP contribution in [0.3, 0.4) is 0 Å². The second-order valence-corrected chi connectivity index (χ2v) is 12.4. The van der Waals surface area contributed by atoms with Crippen molar-refractivity contribution in [1.29, 1.82) is 10.5 Å². The first-order valence-electron chi connectivity index (χ1n) is 15.0. The average Bonchev–Trinajstić information content (AvgIpc) is 3.67. The summed E-state index contributed by atoms with van der Waals surface area (Å²) in [6.07, 6.45) is 4.79. The second-order valence-electron chi connectivity index (χ2n) is 12.4. The van der Waals surface area contributed by atoms with Crippen LogP contribution in [0.4, 0.5) is 10.1 Å². The van der Waals surface area contributed by atoms with E-state index in [4.69, 9.17) is 10.00 Å². The van der Waals surface area contributed by atoms with Crippen LogP contribution in [-0.2, 0) is 14.9 Å². The fourth-order valence-corrected chi connectivity index (χ4v) is 7.65. The van der Waals surface area contributed by atoms with Crippen LogP contribution in [0.1, 0.15) is 49.7 Å². The summed E-state index contributed by atoms with van der Waals surface area (Å²) in [6, 6.07) is 19.2. The van der Waals surface area contributed by atoms with E-state index in [1.54, 1.807) is 12.1 Å². The van der Waals surface area contributed by atoms with Gasteiger partial charge < -0.3 is 19.9 Å². The molecule has 3 saturated heterocycles. The van der Waals surface area contributed by atoms with Gasteiger partial charge in [0.2, 0.25) is 5.91 Å². The van der Waals surface area contributed by atoms with Gasteiger partial charge in [-0.15, -0.1) is 0 Å². The molecule has 3 heterocycles. The van der Waals surface area contributed by atoms with Gasteiger partial charge in [-0.2, -0.15) is 10.5 Å². The minimum Gasteiger partial charge on any atom is -0.373 e. The van der Waals surface area contributed by atoms with E-state index in [1.165, 1.54) is 6.07 Å². The van der Waals surface area contributed by atoms with Gasteiger partial charge in [-0.05, 0) is 86.7 Å². The van der Waals surface area contributed by atoms with E-state index in [9.17, 15) is 14.4 Å². The number of hydrogen-bond acceptors (Lipinski definition) is 6. The number of halogens is 1. The summed E-state index contributed by atoms with van der Waals surface area (Å²) in [5.74, 6) is 0.302. The Hall–Kier alpha value is -3.46. The largest absolute Gasteiger partial charge is 0.373 e. The number of anilines is 1. The van der Waals surface area contributed by atoms with E-state index in [0.717, 1.165) is 76.1 Å². The molecule has 0 aromatic heterocycles. The molecule has 4 atom stereocenters. The molecule has 0 radical (unpaired) electrons. The Morgan fingerprint density at radius 1 is 1.07 bits per heavy atom. The summed E-state index contributed by atoms with van der Waals surface area (Å²) in [4.78, 5) is 17.6. The number of rotatable bonds is 9. The first kappa shape index (κ1) is 27.7. The first-order valence-corrected chi connectivity index (χ1v) is 15.0. The summed E-state index contributed by atoms with van der Waals surface area (Å²) < 4.78 is 19.8. The summed E-state index contributed by atoms with van der Waals surface area (Å²) in [6.45, 7) is 5.52. The third-order valence-electron chi connectivity index (χ3n) is 9.82. The Morgan fingerprint density at radius 3 is 2.49 bits per heavy atom. The number of piperidine rings is 1. The number of likely N-dealkylation sites (tertiary alicyclic amines) is 1. The van der Waals surface area contributed by atoms with Crippen molar-refractivity contribution in [2.45, 2.75) is 56.1 Å². The zero-order chi connectivity index (χ0) is 28.4. The number of nitrogens with one attached hydrogen (secondary N) is 1. The molecule has 4 fully saturated rings. The maximum absolute atomic E-state index is 14.6. The van der Waals surface area contributed by atoms with Crippen LogP contribution >= 0.6 is 0 Å². The fourth-order valence-electron chi connectivity index (χ4n) is 7.65. The van der Waals surface area contributed by atoms with Gasteiger partial charge in [0.05, 0.1) is 42.2 Å². The normalized spacial score (nSPS) is 26.4. The highest BCUT2D eigenvalue weighted by Gasteiger charge is 2.52. The van der Waals surface area contributed by atoms with Gasteiger partial charge in [0, 0.05) is 43.2 Å². The number of benzene rings is 2. The molecule has 0 bridgehead atoms. The molecule has 2 aromatic carbocycles. The summed E-state index contributed by atoms with van der Waals surface area (Å²) in [7, 11) is 0. The Labute approximate surface area is 241 Å². The Morgan fingerprint density at radius 2 is 1.83 bits per heavy atom. The maximum Gasteiger partial charge on any atom is 0.222 e. The quantitative estimate of drug-likeness (QED) is 0.462. The lowest BCUT2D eigenvalue weighted by Gasteiger charge is -2.48. The lowest BCUT2D eigenvalue weighted by molar-refractivity contribution is -0.122. The van der Waals surface area contributed by atoms with Gasteiger partial charge in [-0.3, -0.25) is 4.79 Å². The van der Waals surface area contributed by atoms with Crippen LogP contribution in [0.25, 0.3) is 0 Å². The average molecular weight is 556 g/mol. The summed E-state index contributed by atoms with van der Waals surface area (Å²) in [5, 5.41) is 23.2. The topological polar surface area (TPSA) is 95.7 Å². The predicted octanol–water partition coefficient (Wildman–Crippen LogP) is 4.38. The second kappa shape index (κ2) is 11.8. The molecule has 41 heavy (non-hydrogen) atoms. The van der Waals surface area contributed by atoms with Crippen LogP contribution < -0.4 is 10.2 Å². The lowest BCUT2D eigenvalue weighted by atomic mass is 9.59. The summed E-state index contributed by atoms with van der Waals surface area (Å²) in [5.41, 5.74) is 1.75. The van der Waals surface area contributed by atoms with E-state index in [1.807, 2.05) is 30.3 Å². The van der Waals surface area contributed by atoms with Gasteiger partial charge in [0.25, 0.3) is 0 Å².